The van der Waals surface area contributed by atoms with Crippen LogP contribution in [0.3, 0.4) is 0 Å². The molecule has 0 saturated carbocycles. The Bertz CT molecular complexity index is 430. The minimum absolute atomic E-state index is 0. The van der Waals surface area contributed by atoms with E-state index in [2.05, 4.69) is 10.6 Å². The molecule has 0 spiro atoms. The summed E-state index contributed by atoms with van der Waals surface area (Å²) in [5, 5.41) is 5.94. The lowest BCUT2D eigenvalue weighted by Crippen LogP contribution is -2.38. The highest BCUT2D eigenvalue weighted by atomic mass is 35.5. The van der Waals surface area contributed by atoms with Crippen molar-refractivity contribution in [3.05, 3.63) is 29.6 Å². The molecule has 0 unspecified atom stereocenters. The number of nitrogens with one attached hydrogen (secondary N) is 2. The second-order valence-corrected chi connectivity index (χ2v) is 4.22. The molecular formula is C14H22ClFN2O2. The molecule has 0 aliphatic rings. The Morgan fingerprint density at radius 2 is 2.10 bits per heavy atom. The van der Waals surface area contributed by atoms with Crippen molar-refractivity contribution in [2.75, 3.05) is 19.7 Å². The molecule has 0 aliphatic heterocycles. The van der Waals surface area contributed by atoms with Crippen molar-refractivity contribution < 1.29 is 13.9 Å². The summed E-state index contributed by atoms with van der Waals surface area (Å²) in [5.41, 5.74) is 0.227. The lowest BCUT2D eigenvalue weighted by molar-refractivity contribution is 0.0945. The van der Waals surface area contributed by atoms with Crippen molar-refractivity contribution >= 4 is 18.3 Å². The van der Waals surface area contributed by atoms with Crippen LogP contribution in [0.2, 0.25) is 0 Å². The molecular weight excluding hydrogens is 283 g/mol. The second-order valence-electron chi connectivity index (χ2n) is 4.22. The van der Waals surface area contributed by atoms with E-state index in [4.69, 9.17) is 4.74 Å². The Kier molecular flexibility index (Phi) is 8.92. The number of likely N-dealkylation sites (N-methyl/N-ethyl adjacent to an activating group) is 1. The number of carbonyl (C=O) groups is 1. The van der Waals surface area contributed by atoms with Crippen molar-refractivity contribution in [3.63, 3.8) is 0 Å². The minimum Gasteiger partial charge on any atom is -0.490 e. The Morgan fingerprint density at radius 3 is 2.70 bits per heavy atom. The third kappa shape index (κ3) is 5.35. The number of rotatable bonds is 7. The normalized spacial score (nSPS) is 11.4. The number of hydrogen-bond donors (Lipinski definition) is 2. The average Bonchev–Trinajstić information content (AvgIpc) is 2.39. The van der Waals surface area contributed by atoms with Gasteiger partial charge in [-0.2, -0.15) is 0 Å². The highest BCUT2D eigenvalue weighted by molar-refractivity contribution is 5.97. The van der Waals surface area contributed by atoms with Gasteiger partial charge in [0.2, 0.25) is 0 Å². The summed E-state index contributed by atoms with van der Waals surface area (Å²) in [4.78, 5) is 12.0. The van der Waals surface area contributed by atoms with E-state index in [-0.39, 0.29) is 35.7 Å². The maximum Gasteiger partial charge on any atom is 0.255 e. The van der Waals surface area contributed by atoms with Gasteiger partial charge >= 0.3 is 0 Å². The van der Waals surface area contributed by atoms with Gasteiger partial charge in [0.15, 0.2) is 11.6 Å². The van der Waals surface area contributed by atoms with E-state index >= 15 is 0 Å². The average molecular weight is 305 g/mol. The molecule has 1 rings (SSSR count). The van der Waals surface area contributed by atoms with Gasteiger partial charge in [-0.1, -0.05) is 13.0 Å². The van der Waals surface area contributed by atoms with Crippen LogP contribution in [0.25, 0.3) is 0 Å². The summed E-state index contributed by atoms with van der Waals surface area (Å²) in [5.74, 6) is -0.833. The smallest absolute Gasteiger partial charge is 0.255 e. The van der Waals surface area contributed by atoms with Gasteiger partial charge in [0.05, 0.1) is 12.2 Å². The van der Waals surface area contributed by atoms with Crippen LogP contribution in [-0.4, -0.2) is 31.6 Å². The predicted molar refractivity (Wildman–Crippen MR) is 80.3 cm³/mol. The lowest BCUT2D eigenvalue weighted by Gasteiger charge is -2.15. The highest BCUT2D eigenvalue weighted by Gasteiger charge is 2.16. The van der Waals surface area contributed by atoms with Crippen LogP contribution >= 0.6 is 12.4 Å². The molecule has 20 heavy (non-hydrogen) atoms. The Hall–Kier alpha value is -1.33. The number of carbonyl (C=O) groups excluding carboxylic acids is 1. The third-order valence-corrected chi connectivity index (χ3v) is 2.62. The fourth-order valence-corrected chi connectivity index (χ4v) is 1.74. The zero-order valence-electron chi connectivity index (χ0n) is 12.0. The molecule has 0 saturated heterocycles. The monoisotopic (exact) mass is 304 g/mol. The van der Waals surface area contributed by atoms with Gasteiger partial charge in [-0.15, -0.1) is 12.4 Å². The molecule has 0 bridgehead atoms. The third-order valence-electron chi connectivity index (χ3n) is 2.62. The van der Waals surface area contributed by atoms with Crippen LogP contribution < -0.4 is 15.4 Å². The number of benzene rings is 1. The van der Waals surface area contributed by atoms with Gasteiger partial charge in [-0.3, -0.25) is 4.79 Å². The summed E-state index contributed by atoms with van der Waals surface area (Å²) in [6.45, 7) is 7.35. The van der Waals surface area contributed by atoms with Gasteiger partial charge in [0, 0.05) is 12.6 Å². The fourth-order valence-electron chi connectivity index (χ4n) is 1.74. The summed E-state index contributed by atoms with van der Waals surface area (Å²) in [6.07, 6.45) is 0. The van der Waals surface area contributed by atoms with E-state index in [1.807, 2.05) is 13.8 Å². The first-order valence-electron chi connectivity index (χ1n) is 6.53. The van der Waals surface area contributed by atoms with Crippen LogP contribution in [0, 0.1) is 5.82 Å². The van der Waals surface area contributed by atoms with Crippen LogP contribution in [0.4, 0.5) is 4.39 Å². The first-order valence-corrected chi connectivity index (χ1v) is 6.53. The minimum atomic E-state index is -0.519. The summed E-state index contributed by atoms with van der Waals surface area (Å²) in [6, 6.07) is 4.50. The standard InChI is InChI=1S/C14H21FN2O2.ClH/c1-4-16-10(3)9-17-14(18)11-7-6-8-12(15)13(11)19-5-2;/h6-8,10,16H,4-5,9H2,1-3H3,(H,17,18);1H/t10-;/m1./s1. The molecule has 4 nitrogen and oxygen atoms in total. The SMILES string of the molecule is CCN[C@H](C)CNC(=O)c1cccc(F)c1OCC.Cl. The maximum absolute atomic E-state index is 13.6. The second kappa shape index (κ2) is 9.55. The van der Waals surface area contributed by atoms with Gasteiger partial charge in [0.1, 0.15) is 0 Å². The van der Waals surface area contributed by atoms with Crippen LogP contribution in [0.15, 0.2) is 18.2 Å². The fraction of sp³-hybridized carbons (Fsp3) is 0.500. The zero-order valence-corrected chi connectivity index (χ0v) is 12.8. The number of hydrogen-bond acceptors (Lipinski definition) is 3. The topological polar surface area (TPSA) is 50.4 Å². The van der Waals surface area contributed by atoms with Crippen molar-refractivity contribution in [2.24, 2.45) is 0 Å². The van der Waals surface area contributed by atoms with Gasteiger partial charge in [-0.05, 0) is 32.5 Å². The molecule has 114 valence electrons. The van der Waals surface area contributed by atoms with Gasteiger partial charge < -0.3 is 15.4 Å². The van der Waals surface area contributed by atoms with Crippen LogP contribution in [0.5, 0.6) is 5.75 Å². The molecule has 6 heteroatoms. The number of amides is 1. The first-order chi connectivity index (χ1) is 9.10. The molecule has 0 aliphatic carbocycles. The molecule has 1 aromatic rings. The molecule has 0 heterocycles. The van der Waals surface area contributed by atoms with E-state index in [9.17, 15) is 9.18 Å². The lowest BCUT2D eigenvalue weighted by atomic mass is 10.1. The maximum atomic E-state index is 13.6. The van der Waals surface area contributed by atoms with Gasteiger partial charge in [-0.25, -0.2) is 4.39 Å². The van der Waals surface area contributed by atoms with Crippen molar-refractivity contribution in [3.8, 4) is 5.75 Å². The van der Waals surface area contributed by atoms with Crippen molar-refractivity contribution in [2.45, 2.75) is 26.8 Å². The molecule has 2 N–H and O–H groups in total. The van der Waals surface area contributed by atoms with E-state index in [1.54, 1.807) is 13.0 Å². The van der Waals surface area contributed by atoms with E-state index in [0.29, 0.717) is 13.2 Å². The molecule has 1 amide bonds. The Balaban J connectivity index is 0.00000361. The highest BCUT2D eigenvalue weighted by Crippen LogP contribution is 2.22. The molecule has 0 aromatic heterocycles. The van der Waals surface area contributed by atoms with E-state index < -0.39 is 5.82 Å². The van der Waals surface area contributed by atoms with E-state index in [0.717, 1.165) is 6.54 Å². The summed E-state index contributed by atoms with van der Waals surface area (Å²) < 4.78 is 18.8. The Morgan fingerprint density at radius 1 is 1.40 bits per heavy atom. The molecule has 1 atom stereocenters. The van der Waals surface area contributed by atoms with Gasteiger partial charge in [0.25, 0.3) is 5.91 Å². The zero-order chi connectivity index (χ0) is 14.3. The van der Waals surface area contributed by atoms with Crippen molar-refractivity contribution in [1.29, 1.82) is 0 Å². The number of ether oxygens (including phenoxy) is 1. The number of halogens is 2. The first kappa shape index (κ1) is 18.7. The van der Waals surface area contributed by atoms with Crippen LogP contribution in [-0.2, 0) is 0 Å². The molecule has 0 fully saturated rings. The summed E-state index contributed by atoms with van der Waals surface area (Å²) >= 11 is 0. The number of para-hydroxylation sites is 1. The summed E-state index contributed by atoms with van der Waals surface area (Å²) in [7, 11) is 0. The Labute approximate surface area is 125 Å². The molecule has 0 radical (unpaired) electrons. The van der Waals surface area contributed by atoms with E-state index in [1.165, 1.54) is 12.1 Å². The quantitative estimate of drug-likeness (QED) is 0.813. The largest absolute Gasteiger partial charge is 0.490 e. The van der Waals surface area contributed by atoms with Crippen LogP contribution in [0.1, 0.15) is 31.1 Å². The predicted octanol–water partition coefficient (Wildman–Crippen LogP) is 2.37. The van der Waals surface area contributed by atoms with Crippen molar-refractivity contribution in [1.82, 2.24) is 10.6 Å². The molecule has 1 aromatic carbocycles.